The second-order valence-electron chi connectivity index (χ2n) is 6.64. The molecule has 0 aromatic heterocycles. The summed E-state index contributed by atoms with van der Waals surface area (Å²) in [6.07, 6.45) is 6.30. The SMILES string of the molecule is O=[N+]([O-])c1ccc(O[C@@H]2OC3[C@@H]4CCC[C@H]3CC2C4)cc1Cl. The van der Waals surface area contributed by atoms with E-state index >= 15 is 0 Å². The van der Waals surface area contributed by atoms with Gasteiger partial charge in [-0.1, -0.05) is 18.0 Å². The van der Waals surface area contributed by atoms with Crippen LogP contribution in [0.5, 0.6) is 5.75 Å². The minimum absolute atomic E-state index is 0.0975. The van der Waals surface area contributed by atoms with Gasteiger partial charge in [-0.3, -0.25) is 10.1 Å². The van der Waals surface area contributed by atoms with Crippen molar-refractivity contribution in [3.63, 3.8) is 0 Å². The third-order valence-electron chi connectivity index (χ3n) is 5.33. The number of halogens is 1. The number of fused-ring (bicyclic) bond motifs is 1. The van der Waals surface area contributed by atoms with Gasteiger partial charge in [-0.25, -0.2) is 0 Å². The fourth-order valence-corrected chi connectivity index (χ4v) is 4.65. The molecule has 2 saturated carbocycles. The van der Waals surface area contributed by atoms with Crippen molar-refractivity contribution in [2.75, 3.05) is 0 Å². The molecule has 0 radical (unpaired) electrons. The topological polar surface area (TPSA) is 61.6 Å². The summed E-state index contributed by atoms with van der Waals surface area (Å²) in [5, 5.41) is 10.9. The number of nitro groups is 1. The van der Waals surface area contributed by atoms with E-state index in [0.717, 1.165) is 0 Å². The van der Waals surface area contributed by atoms with Crippen molar-refractivity contribution >= 4 is 17.3 Å². The number of rotatable bonds is 3. The van der Waals surface area contributed by atoms with Gasteiger partial charge in [-0.15, -0.1) is 0 Å². The Morgan fingerprint density at radius 1 is 1.23 bits per heavy atom. The van der Waals surface area contributed by atoms with Gasteiger partial charge in [0.2, 0.25) is 6.29 Å². The van der Waals surface area contributed by atoms with E-state index in [1.807, 2.05) is 0 Å². The van der Waals surface area contributed by atoms with Gasteiger partial charge in [0.25, 0.3) is 5.69 Å². The van der Waals surface area contributed by atoms with Crippen molar-refractivity contribution in [3.8, 4) is 5.75 Å². The molecule has 4 fully saturated rings. The molecule has 4 aliphatic rings. The predicted molar refractivity (Wildman–Crippen MR) is 81.0 cm³/mol. The monoisotopic (exact) mass is 323 g/mol. The van der Waals surface area contributed by atoms with Crippen molar-refractivity contribution in [1.82, 2.24) is 0 Å². The smallest absolute Gasteiger partial charge is 0.288 e. The van der Waals surface area contributed by atoms with Crippen LogP contribution in [0.3, 0.4) is 0 Å². The zero-order valence-electron chi connectivity index (χ0n) is 12.1. The van der Waals surface area contributed by atoms with Gasteiger partial charge in [0.15, 0.2) is 0 Å². The maximum absolute atomic E-state index is 10.8. The van der Waals surface area contributed by atoms with Gasteiger partial charge >= 0.3 is 0 Å². The minimum atomic E-state index is -0.494. The van der Waals surface area contributed by atoms with Crippen LogP contribution in [0.1, 0.15) is 32.1 Å². The molecule has 2 saturated heterocycles. The lowest BCUT2D eigenvalue weighted by atomic mass is 9.64. The van der Waals surface area contributed by atoms with Gasteiger partial charge in [-0.05, 0) is 43.6 Å². The molecule has 5 rings (SSSR count). The lowest BCUT2D eigenvalue weighted by Gasteiger charge is -2.53. The van der Waals surface area contributed by atoms with Gasteiger partial charge in [0, 0.05) is 18.1 Å². The molecule has 0 N–H and O–H groups in total. The average molecular weight is 324 g/mol. The standard InChI is InChI=1S/C16H18ClNO4/c17-13-8-12(4-5-14(13)18(19)20)21-16-11-6-9-2-1-3-10(7-11)15(9)22-16/h4-5,8-11,15-16H,1-3,6-7H2/t9-,10+,11?,15?,16-/m1/s1. The summed E-state index contributed by atoms with van der Waals surface area (Å²) in [6, 6.07) is 4.48. The lowest BCUT2D eigenvalue weighted by Crippen LogP contribution is -2.54. The average Bonchev–Trinajstić information content (AvgIpc) is 2.46. The first kappa shape index (κ1) is 14.3. The minimum Gasteiger partial charge on any atom is -0.465 e. The summed E-state index contributed by atoms with van der Waals surface area (Å²) in [4.78, 5) is 10.3. The first-order valence-corrected chi connectivity index (χ1v) is 8.25. The molecule has 2 aliphatic heterocycles. The lowest BCUT2D eigenvalue weighted by molar-refractivity contribution is -0.384. The van der Waals surface area contributed by atoms with E-state index < -0.39 is 4.92 Å². The summed E-state index contributed by atoms with van der Waals surface area (Å²) in [5.41, 5.74) is -0.102. The number of nitro benzene ring substituents is 1. The van der Waals surface area contributed by atoms with Crippen molar-refractivity contribution in [2.45, 2.75) is 44.5 Å². The molecular formula is C16H18ClNO4. The molecule has 1 aromatic rings. The molecule has 0 spiro atoms. The zero-order valence-corrected chi connectivity index (χ0v) is 12.9. The van der Waals surface area contributed by atoms with Crippen LogP contribution in [0, 0.1) is 27.9 Å². The zero-order chi connectivity index (χ0) is 15.3. The fourth-order valence-electron chi connectivity index (χ4n) is 4.41. The summed E-state index contributed by atoms with van der Waals surface area (Å²) >= 11 is 5.94. The Morgan fingerprint density at radius 2 is 1.95 bits per heavy atom. The maximum Gasteiger partial charge on any atom is 0.288 e. The molecule has 5 atom stereocenters. The highest BCUT2D eigenvalue weighted by Crippen LogP contribution is 2.51. The first-order chi connectivity index (χ1) is 10.6. The van der Waals surface area contributed by atoms with Crippen LogP contribution in [-0.2, 0) is 4.74 Å². The highest BCUT2D eigenvalue weighted by molar-refractivity contribution is 6.32. The quantitative estimate of drug-likeness (QED) is 0.618. The van der Waals surface area contributed by atoms with E-state index in [4.69, 9.17) is 21.1 Å². The Hall–Kier alpha value is -1.33. The van der Waals surface area contributed by atoms with Crippen LogP contribution < -0.4 is 4.74 Å². The molecule has 4 bridgehead atoms. The van der Waals surface area contributed by atoms with E-state index in [0.29, 0.717) is 29.6 Å². The van der Waals surface area contributed by atoms with Gasteiger partial charge in [-0.2, -0.15) is 0 Å². The van der Waals surface area contributed by atoms with Gasteiger partial charge in [0.1, 0.15) is 10.8 Å². The van der Waals surface area contributed by atoms with Crippen LogP contribution in [0.2, 0.25) is 5.02 Å². The van der Waals surface area contributed by atoms with Crippen molar-refractivity contribution in [3.05, 3.63) is 33.3 Å². The third kappa shape index (κ3) is 2.36. The van der Waals surface area contributed by atoms with E-state index in [1.54, 1.807) is 6.07 Å². The Labute approximate surface area is 133 Å². The number of ether oxygens (including phenoxy) is 2. The highest BCUT2D eigenvalue weighted by atomic mass is 35.5. The van der Waals surface area contributed by atoms with Crippen LogP contribution in [0.15, 0.2) is 18.2 Å². The van der Waals surface area contributed by atoms with Crippen LogP contribution in [-0.4, -0.2) is 17.3 Å². The van der Waals surface area contributed by atoms with Crippen LogP contribution in [0.25, 0.3) is 0 Å². The van der Waals surface area contributed by atoms with Gasteiger partial charge < -0.3 is 9.47 Å². The number of nitrogens with zero attached hydrogens (tertiary/aromatic N) is 1. The molecule has 2 heterocycles. The van der Waals surface area contributed by atoms with Crippen LogP contribution in [0.4, 0.5) is 5.69 Å². The van der Waals surface area contributed by atoms with Crippen molar-refractivity contribution in [2.24, 2.45) is 17.8 Å². The molecule has 22 heavy (non-hydrogen) atoms. The summed E-state index contributed by atoms with van der Waals surface area (Å²) in [5.74, 6) is 2.35. The molecule has 5 nitrogen and oxygen atoms in total. The number of hydrogen-bond acceptors (Lipinski definition) is 4. The molecule has 0 amide bonds. The molecular weight excluding hydrogens is 306 g/mol. The molecule has 118 valence electrons. The largest absolute Gasteiger partial charge is 0.465 e. The normalized spacial score (nSPS) is 36.1. The van der Waals surface area contributed by atoms with E-state index in [1.165, 1.54) is 44.2 Å². The second-order valence-corrected chi connectivity index (χ2v) is 7.05. The third-order valence-corrected chi connectivity index (χ3v) is 5.64. The Morgan fingerprint density at radius 3 is 2.55 bits per heavy atom. The Bertz CT molecular complexity index is 594. The second kappa shape index (κ2) is 5.39. The van der Waals surface area contributed by atoms with E-state index in [9.17, 15) is 10.1 Å². The summed E-state index contributed by atoms with van der Waals surface area (Å²) < 4.78 is 12.1. The molecule has 6 heteroatoms. The van der Waals surface area contributed by atoms with E-state index in [2.05, 4.69) is 0 Å². The first-order valence-electron chi connectivity index (χ1n) is 7.88. The Balaban J connectivity index is 1.49. The molecule has 2 unspecified atom stereocenters. The summed E-state index contributed by atoms with van der Waals surface area (Å²) in [7, 11) is 0. The van der Waals surface area contributed by atoms with Crippen LogP contribution >= 0.6 is 11.6 Å². The molecule has 2 aliphatic carbocycles. The number of hydrogen-bond donors (Lipinski definition) is 0. The van der Waals surface area contributed by atoms with E-state index in [-0.39, 0.29) is 17.0 Å². The van der Waals surface area contributed by atoms with Gasteiger partial charge in [0.05, 0.1) is 11.0 Å². The maximum atomic E-state index is 10.8. The highest BCUT2D eigenvalue weighted by Gasteiger charge is 2.50. The van der Waals surface area contributed by atoms with Crippen molar-refractivity contribution in [1.29, 1.82) is 0 Å². The summed E-state index contributed by atoms with van der Waals surface area (Å²) in [6.45, 7) is 0. The Kier molecular flexibility index (Phi) is 3.50. The van der Waals surface area contributed by atoms with Crippen molar-refractivity contribution < 1.29 is 14.4 Å². The molecule has 1 aromatic carbocycles. The fraction of sp³-hybridized carbons (Fsp3) is 0.625. The number of benzene rings is 1. The predicted octanol–water partition coefficient (Wildman–Crippen LogP) is 4.18.